The van der Waals surface area contributed by atoms with Gasteiger partial charge in [0.05, 0.1) is 22.6 Å². The fourth-order valence-corrected chi connectivity index (χ4v) is 2.02. The summed E-state index contributed by atoms with van der Waals surface area (Å²) in [5, 5.41) is 0.686. The molecule has 19 heavy (non-hydrogen) atoms. The van der Waals surface area contributed by atoms with Gasteiger partial charge in [-0.15, -0.1) is 0 Å². The number of allylic oxidation sites excluding steroid dienone is 1. The number of pyridine rings is 1. The fraction of sp³-hybridized carbons (Fsp3) is 0.0714. The first-order chi connectivity index (χ1) is 9.22. The first-order valence-electron chi connectivity index (χ1n) is 5.81. The maximum Gasteiger partial charge on any atom is 0.137 e. The minimum absolute atomic E-state index is 0.686. The van der Waals surface area contributed by atoms with Crippen molar-refractivity contribution in [1.82, 2.24) is 19.4 Å². The molecule has 0 N–H and O–H groups in total. The van der Waals surface area contributed by atoms with E-state index in [4.69, 9.17) is 11.6 Å². The average molecular weight is 271 g/mol. The summed E-state index contributed by atoms with van der Waals surface area (Å²) >= 11 is 5.95. The van der Waals surface area contributed by atoms with Crippen molar-refractivity contribution in [3.8, 4) is 0 Å². The van der Waals surface area contributed by atoms with Crippen molar-refractivity contribution in [3.63, 3.8) is 0 Å². The summed E-state index contributed by atoms with van der Waals surface area (Å²) in [5.41, 5.74) is 3.59. The highest BCUT2D eigenvalue weighted by atomic mass is 35.5. The van der Waals surface area contributed by atoms with E-state index in [0.29, 0.717) is 5.02 Å². The summed E-state index contributed by atoms with van der Waals surface area (Å²) in [4.78, 5) is 12.8. The lowest BCUT2D eigenvalue weighted by Gasteiger charge is -1.97. The molecule has 0 spiro atoms. The van der Waals surface area contributed by atoms with Gasteiger partial charge in [-0.05, 0) is 30.7 Å². The van der Waals surface area contributed by atoms with Gasteiger partial charge in [-0.25, -0.2) is 4.98 Å². The maximum absolute atomic E-state index is 5.95. The van der Waals surface area contributed by atoms with Gasteiger partial charge in [0.1, 0.15) is 5.65 Å². The lowest BCUT2D eigenvalue weighted by molar-refractivity contribution is 1.16. The fourth-order valence-electron chi connectivity index (χ4n) is 1.85. The molecule has 5 heteroatoms. The van der Waals surface area contributed by atoms with E-state index in [0.717, 1.165) is 22.6 Å². The van der Waals surface area contributed by atoms with Gasteiger partial charge >= 0.3 is 0 Å². The lowest BCUT2D eigenvalue weighted by atomic mass is 10.2. The predicted molar refractivity (Wildman–Crippen MR) is 75.8 cm³/mol. The second-order valence-electron chi connectivity index (χ2n) is 4.20. The molecule has 0 unspecified atom stereocenters. The highest BCUT2D eigenvalue weighted by Crippen LogP contribution is 2.16. The van der Waals surface area contributed by atoms with Crippen molar-refractivity contribution in [2.45, 2.75) is 6.92 Å². The molecule has 0 amide bonds. The van der Waals surface area contributed by atoms with Crippen LogP contribution in [0.1, 0.15) is 18.3 Å². The van der Waals surface area contributed by atoms with Crippen molar-refractivity contribution in [3.05, 3.63) is 59.5 Å². The van der Waals surface area contributed by atoms with Gasteiger partial charge in [-0.3, -0.25) is 9.97 Å². The molecule has 3 aromatic rings. The molecule has 0 saturated heterocycles. The van der Waals surface area contributed by atoms with Crippen LogP contribution in [-0.2, 0) is 0 Å². The van der Waals surface area contributed by atoms with Crippen molar-refractivity contribution >= 4 is 28.9 Å². The molecule has 0 aliphatic carbocycles. The number of aromatic nitrogens is 4. The van der Waals surface area contributed by atoms with E-state index in [2.05, 4.69) is 15.0 Å². The van der Waals surface area contributed by atoms with Crippen molar-refractivity contribution in [2.75, 3.05) is 0 Å². The summed E-state index contributed by atoms with van der Waals surface area (Å²) in [6.45, 7) is 1.99. The molecule has 3 rings (SSSR count). The highest BCUT2D eigenvalue weighted by Gasteiger charge is 2.02. The largest absolute Gasteiger partial charge is 0.305 e. The second-order valence-corrected chi connectivity index (χ2v) is 4.63. The molecule has 0 aliphatic rings. The van der Waals surface area contributed by atoms with Crippen LogP contribution < -0.4 is 0 Å². The van der Waals surface area contributed by atoms with Crippen LogP contribution in [0.25, 0.3) is 17.3 Å². The number of halogens is 1. The third-order valence-corrected chi connectivity index (χ3v) is 2.99. The Kier molecular flexibility index (Phi) is 3.01. The topological polar surface area (TPSA) is 43.1 Å². The van der Waals surface area contributed by atoms with Crippen LogP contribution in [0, 0.1) is 0 Å². The minimum atomic E-state index is 0.686. The summed E-state index contributed by atoms with van der Waals surface area (Å²) in [6, 6.07) is 3.71. The molecule has 0 aliphatic heterocycles. The van der Waals surface area contributed by atoms with Gasteiger partial charge in [0, 0.05) is 24.8 Å². The molecular formula is C14H11ClN4. The molecule has 0 radical (unpaired) electrons. The van der Waals surface area contributed by atoms with E-state index in [1.165, 1.54) is 0 Å². The zero-order chi connectivity index (χ0) is 13.2. The Morgan fingerprint density at radius 3 is 2.95 bits per heavy atom. The minimum Gasteiger partial charge on any atom is -0.305 e. The SMILES string of the molecule is C/C(=C/c1cn2cc(Cl)ccc2n1)c1cnccn1. The van der Waals surface area contributed by atoms with Crippen LogP contribution in [0.3, 0.4) is 0 Å². The van der Waals surface area contributed by atoms with Crippen LogP contribution in [0.15, 0.2) is 43.1 Å². The van der Waals surface area contributed by atoms with E-state index in [-0.39, 0.29) is 0 Å². The van der Waals surface area contributed by atoms with E-state index in [1.807, 2.05) is 41.9 Å². The van der Waals surface area contributed by atoms with E-state index in [1.54, 1.807) is 18.6 Å². The molecule has 3 aromatic heterocycles. The standard InChI is InChI=1S/C14H11ClN4/c1-10(13-7-16-4-5-17-13)6-12-9-19-8-11(15)2-3-14(19)18-12/h2-9H,1H3/b10-6-. The lowest BCUT2D eigenvalue weighted by Crippen LogP contribution is -1.86. The Morgan fingerprint density at radius 2 is 2.16 bits per heavy atom. The summed E-state index contributed by atoms with van der Waals surface area (Å²) < 4.78 is 1.90. The van der Waals surface area contributed by atoms with Gasteiger partial charge in [-0.1, -0.05) is 11.6 Å². The number of rotatable bonds is 2. The number of hydrogen-bond acceptors (Lipinski definition) is 3. The zero-order valence-corrected chi connectivity index (χ0v) is 11.0. The average Bonchev–Trinajstić information content (AvgIpc) is 2.81. The van der Waals surface area contributed by atoms with Crippen molar-refractivity contribution < 1.29 is 0 Å². The van der Waals surface area contributed by atoms with Gasteiger partial charge in [0.15, 0.2) is 0 Å². The number of hydrogen-bond donors (Lipinski definition) is 0. The smallest absolute Gasteiger partial charge is 0.137 e. The van der Waals surface area contributed by atoms with Crippen LogP contribution >= 0.6 is 11.6 Å². The van der Waals surface area contributed by atoms with Gasteiger partial charge in [0.25, 0.3) is 0 Å². The Hall–Kier alpha value is -2.20. The Bertz CT molecular complexity index is 746. The predicted octanol–water partition coefficient (Wildman–Crippen LogP) is 3.34. The van der Waals surface area contributed by atoms with Crippen LogP contribution in [0.4, 0.5) is 0 Å². The number of fused-ring (bicyclic) bond motifs is 1. The number of imidazole rings is 1. The zero-order valence-electron chi connectivity index (χ0n) is 10.3. The molecule has 3 heterocycles. The maximum atomic E-state index is 5.95. The summed E-state index contributed by atoms with van der Waals surface area (Å²) in [7, 11) is 0. The molecule has 0 saturated carbocycles. The molecule has 94 valence electrons. The normalized spacial score (nSPS) is 12.0. The van der Waals surface area contributed by atoms with Crippen LogP contribution in [-0.4, -0.2) is 19.4 Å². The van der Waals surface area contributed by atoms with E-state index < -0.39 is 0 Å². The van der Waals surface area contributed by atoms with Gasteiger partial charge < -0.3 is 4.40 Å². The Labute approximate surface area is 115 Å². The molecular weight excluding hydrogens is 260 g/mol. The summed E-state index contributed by atoms with van der Waals surface area (Å²) in [6.07, 6.45) is 10.8. The molecule has 4 nitrogen and oxygen atoms in total. The first kappa shape index (κ1) is 11.9. The highest BCUT2D eigenvalue weighted by molar-refractivity contribution is 6.30. The molecule has 0 aromatic carbocycles. The monoisotopic (exact) mass is 270 g/mol. The second kappa shape index (κ2) is 4.82. The Morgan fingerprint density at radius 1 is 1.26 bits per heavy atom. The molecule has 0 bridgehead atoms. The third-order valence-electron chi connectivity index (χ3n) is 2.77. The van der Waals surface area contributed by atoms with Gasteiger partial charge in [0.2, 0.25) is 0 Å². The molecule has 0 atom stereocenters. The summed E-state index contributed by atoms with van der Waals surface area (Å²) in [5.74, 6) is 0. The van der Waals surface area contributed by atoms with E-state index >= 15 is 0 Å². The van der Waals surface area contributed by atoms with E-state index in [9.17, 15) is 0 Å². The van der Waals surface area contributed by atoms with Crippen LogP contribution in [0.2, 0.25) is 5.02 Å². The Balaban J connectivity index is 2.01. The van der Waals surface area contributed by atoms with Gasteiger partial charge in [-0.2, -0.15) is 0 Å². The quantitative estimate of drug-likeness (QED) is 0.717. The van der Waals surface area contributed by atoms with Crippen molar-refractivity contribution in [1.29, 1.82) is 0 Å². The van der Waals surface area contributed by atoms with Crippen LogP contribution in [0.5, 0.6) is 0 Å². The van der Waals surface area contributed by atoms with Crippen molar-refractivity contribution in [2.24, 2.45) is 0 Å². The first-order valence-corrected chi connectivity index (χ1v) is 6.19. The molecule has 0 fully saturated rings. The number of nitrogens with zero attached hydrogens (tertiary/aromatic N) is 4. The third kappa shape index (κ3) is 2.48.